The molecule has 1 fully saturated rings. The number of H-pyrrole nitrogens is 1. The van der Waals surface area contributed by atoms with E-state index in [9.17, 15) is 4.79 Å². The van der Waals surface area contributed by atoms with Gasteiger partial charge < -0.3 is 15.0 Å². The molecule has 6 nitrogen and oxygen atoms in total. The van der Waals surface area contributed by atoms with Crippen LogP contribution in [0.3, 0.4) is 0 Å². The molecule has 1 saturated heterocycles. The monoisotopic (exact) mass is 468 g/mol. The number of carbonyl (C=O) groups is 1. The number of nitrogens with zero attached hydrogens (tertiary/aromatic N) is 2. The molecule has 4 aromatic rings. The van der Waals surface area contributed by atoms with E-state index in [-0.39, 0.29) is 18.1 Å². The minimum absolute atomic E-state index is 0.0525. The van der Waals surface area contributed by atoms with E-state index in [0.717, 1.165) is 47.4 Å². The lowest BCUT2D eigenvalue weighted by molar-refractivity contribution is 0.0900. The van der Waals surface area contributed by atoms with Crippen molar-refractivity contribution in [2.24, 2.45) is 0 Å². The van der Waals surface area contributed by atoms with Gasteiger partial charge in [-0.15, -0.1) is 0 Å². The maximum Gasteiger partial charge on any atom is 0.251 e. The van der Waals surface area contributed by atoms with Crippen molar-refractivity contribution in [2.75, 3.05) is 20.1 Å². The molecular weight excluding hydrogens is 436 g/mol. The van der Waals surface area contributed by atoms with Crippen LogP contribution in [-0.4, -0.2) is 53.3 Å². The summed E-state index contributed by atoms with van der Waals surface area (Å²) >= 11 is 0. The third-order valence-corrected chi connectivity index (χ3v) is 6.68. The number of rotatable bonds is 6. The zero-order chi connectivity index (χ0) is 24.4. The van der Waals surface area contributed by atoms with E-state index < -0.39 is 0 Å². The largest absolute Gasteiger partial charge is 0.491 e. The normalized spacial score (nSPS) is 18.6. The number of benzene rings is 3. The number of piperidine rings is 1. The van der Waals surface area contributed by atoms with Crippen LogP contribution in [0.4, 0.5) is 0 Å². The van der Waals surface area contributed by atoms with Crippen LogP contribution in [0.25, 0.3) is 22.2 Å². The van der Waals surface area contributed by atoms with Gasteiger partial charge in [-0.05, 0) is 81.9 Å². The molecular formula is C29H32N4O2. The van der Waals surface area contributed by atoms with Crippen molar-refractivity contribution in [1.82, 2.24) is 20.4 Å². The highest BCUT2D eigenvalue weighted by atomic mass is 16.5. The predicted molar refractivity (Wildman–Crippen MR) is 140 cm³/mol. The van der Waals surface area contributed by atoms with Gasteiger partial charge in [0.15, 0.2) is 0 Å². The fourth-order valence-corrected chi connectivity index (χ4v) is 4.95. The van der Waals surface area contributed by atoms with Gasteiger partial charge in [-0.25, -0.2) is 0 Å². The number of hydrogen-bond donors (Lipinski definition) is 2. The number of fused-ring (bicyclic) bond motifs is 1. The molecule has 6 heteroatoms. The Bertz CT molecular complexity index is 1300. The van der Waals surface area contributed by atoms with Gasteiger partial charge in [0.1, 0.15) is 5.75 Å². The number of hydrogen-bond acceptors (Lipinski definition) is 4. The maximum absolute atomic E-state index is 13.4. The number of nitrogens with one attached hydrogen (secondary N) is 2. The summed E-state index contributed by atoms with van der Waals surface area (Å²) in [6, 6.07) is 24.2. The van der Waals surface area contributed by atoms with Crippen LogP contribution >= 0.6 is 0 Å². The Kier molecular flexibility index (Phi) is 6.55. The zero-order valence-electron chi connectivity index (χ0n) is 20.5. The summed E-state index contributed by atoms with van der Waals surface area (Å²) in [4.78, 5) is 15.7. The van der Waals surface area contributed by atoms with E-state index in [2.05, 4.69) is 51.7 Å². The average Bonchev–Trinajstić information content (AvgIpc) is 3.28. The van der Waals surface area contributed by atoms with E-state index in [1.54, 1.807) is 0 Å². The number of amides is 1. The van der Waals surface area contributed by atoms with Gasteiger partial charge in [0, 0.05) is 35.0 Å². The molecule has 5 rings (SSSR count). The molecule has 0 unspecified atom stereocenters. The highest BCUT2D eigenvalue weighted by Crippen LogP contribution is 2.30. The van der Waals surface area contributed by atoms with E-state index in [4.69, 9.17) is 4.74 Å². The number of aromatic nitrogens is 2. The molecule has 0 aliphatic carbocycles. The third-order valence-electron chi connectivity index (χ3n) is 6.68. The summed E-state index contributed by atoms with van der Waals surface area (Å²) in [6.45, 7) is 5.87. The molecule has 1 aliphatic rings. The summed E-state index contributed by atoms with van der Waals surface area (Å²) in [5, 5.41) is 11.9. The predicted octanol–water partition coefficient (Wildman–Crippen LogP) is 5.23. The van der Waals surface area contributed by atoms with Crippen LogP contribution in [0.2, 0.25) is 0 Å². The minimum Gasteiger partial charge on any atom is -0.491 e. The quantitative estimate of drug-likeness (QED) is 0.406. The second-order valence-electron chi connectivity index (χ2n) is 9.67. The molecule has 35 heavy (non-hydrogen) atoms. The molecule has 1 amide bonds. The van der Waals surface area contributed by atoms with Crippen LogP contribution in [-0.2, 0) is 0 Å². The van der Waals surface area contributed by atoms with E-state index >= 15 is 0 Å². The van der Waals surface area contributed by atoms with Gasteiger partial charge in [0.25, 0.3) is 5.91 Å². The van der Waals surface area contributed by atoms with Crippen LogP contribution < -0.4 is 10.1 Å². The smallest absolute Gasteiger partial charge is 0.251 e. The summed E-state index contributed by atoms with van der Waals surface area (Å²) < 4.78 is 5.76. The number of likely N-dealkylation sites (N-methyl/N-ethyl adjacent to an activating group) is 1. The lowest BCUT2D eigenvalue weighted by Gasteiger charge is -2.37. The first-order chi connectivity index (χ1) is 17.0. The standard InChI is InChI=1S/C29H32N4O2/c1-19(2)35-23-12-9-21(10-13-23)28-25-17-22(11-14-26(25)31-32-28)29(34)30-27-18-33(3)16-15-24(27)20-7-5-4-6-8-20/h4-14,17,19,24,27H,15-16,18H2,1-3H3,(H,30,34)(H,31,32)/t24-,27+/m0/s1. The Morgan fingerprint density at radius 2 is 1.86 bits per heavy atom. The van der Waals surface area contributed by atoms with Crippen molar-refractivity contribution in [2.45, 2.75) is 38.3 Å². The van der Waals surface area contributed by atoms with Crippen LogP contribution in [0.1, 0.15) is 42.1 Å². The summed E-state index contributed by atoms with van der Waals surface area (Å²) in [7, 11) is 2.11. The Balaban J connectivity index is 1.39. The molecule has 180 valence electrons. The number of likely N-dealkylation sites (tertiary alicyclic amines) is 1. The van der Waals surface area contributed by atoms with Gasteiger partial charge in [-0.1, -0.05) is 30.3 Å². The molecule has 0 saturated carbocycles. The molecule has 2 atom stereocenters. The summed E-state index contributed by atoms with van der Waals surface area (Å²) in [5.41, 5.74) is 4.62. The lowest BCUT2D eigenvalue weighted by atomic mass is 9.85. The van der Waals surface area contributed by atoms with Gasteiger partial charge >= 0.3 is 0 Å². The molecule has 2 heterocycles. The van der Waals surface area contributed by atoms with Crippen LogP contribution in [0.15, 0.2) is 72.8 Å². The molecule has 1 aromatic heterocycles. The minimum atomic E-state index is -0.0547. The maximum atomic E-state index is 13.4. The van der Waals surface area contributed by atoms with Crippen molar-refractivity contribution in [3.05, 3.63) is 83.9 Å². The van der Waals surface area contributed by atoms with Crippen molar-refractivity contribution in [1.29, 1.82) is 0 Å². The fraction of sp³-hybridized carbons (Fsp3) is 0.310. The van der Waals surface area contributed by atoms with Crippen LogP contribution in [0, 0.1) is 0 Å². The number of carbonyl (C=O) groups excluding carboxylic acids is 1. The second kappa shape index (κ2) is 9.92. The van der Waals surface area contributed by atoms with Crippen molar-refractivity contribution >= 4 is 16.8 Å². The molecule has 2 N–H and O–H groups in total. The Hall–Kier alpha value is -3.64. The first-order valence-corrected chi connectivity index (χ1v) is 12.3. The van der Waals surface area contributed by atoms with Gasteiger partial charge in [-0.2, -0.15) is 5.10 Å². The topological polar surface area (TPSA) is 70.2 Å². The third kappa shape index (κ3) is 5.08. The van der Waals surface area contributed by atoms with E-state index in [1.807, 2.05) is 62.4 Å². The average molecular weight is 469 g/mol. The zero-order valence-corrected chi connectivity index (χ0v) is 20.5. The van der Waals surface area contributed by atoms with Crippen molar-refractivity contribution in [3.8, 4) is 17.0 Å². The van der Waals surface area contributed by atoms with Gasteiger partial charge in [0.2, 0.25) is 0 Å². The number of aromatic amines is 1. The number of ether oxygens (including phenoxy) is 1. The Labute approximate surface area is 206 Å². The van der Waals surface area contributed by atoms with Crippen LogP contribution in [0.5, 0.6) is 5.75 Å². The molecule has 0 bridgehead atoms. The molecule has 0 spiro atoms. The second-order valence-corrected chi connectivity index (χ2v) is 9.67. The SMILES string of the molecule is CC(C)Oc1ccc(-c2n[nH]c3ccc(C(=O)N[C@@H]4CN(C)CC[C@H]4c4ccccc4)cc23)cc1. The molecule has 3 aromatic carbocycles. The fourth-order valence-electron chi connectivity index (χ4n) is 4.95. The highest BCUT2D eigenvalue weighted by Gasteiger charge is 2.30. The van der Waals surface area contributed by atoms with E-state index in [0.29, 0.717) is 11.5 Å². The Morgan fingerprint density at radius 1 is 1.09 bits per heavy atom. The molecule has 0 radical (unpaired) electrons. The van der Waals surface area contributed by atoms with E-state index in [1.165, 1.54) is 5.56 Å². The van der Waals surface area contributed by atoms with Crippen molar-refractivity contribution in [3.63, 3.8) is 0 Å². The van der Waals surface area contributed by atoms with Crippen molar-refractivity contribution < 1.29 is 9.53 Å². The van der Waals surface area contributed by atoms with Gasteiger partial charge in [0.05, 0.1) is 17.3 Å². The van der Waals surface area contributed by atoms with Gasteiger partial charge in [-0.3, -0.25) is 9.89 Å². The molecule has 1 aliphatic heterocycles. The Morgan fingerprint density at radius 3 is 2.60 bits per heavy atom. The first kappa shape index (κ1) is 23.1. The lowest BCUT2D eigenvalue weighted by Crippen LogP contribution is -2.50. The summed E-state index contributed by atoms with van der Waals surface area (Å²) in [6.07, 6.45) is 1.14. The summed E-state index contributed by atoms with van der Waals surface area (Å²) in [5.74, 6) is 1.08. The first-order valence-electron chi connectivity index (χ1n) is 12.3. The highest BCUT2D eigenvalue weighted by molar-refractivity contribution is 6.01.